The number of benzene rings is 1. The van der Waals surface area contributed by atoms with Crippen LogP contribution >= 0.6 is 0 Å². The minimum absolute atomic E-state index is 0.0443. The highest BCUT2D eigenvalue weighted by atomic mass is 16.5. The van der Waals surface area contributed by atoms with E-state index in [0.717, 1.165) is 11.3 Å². The molecule has 0 aliphatic carbocycles. The first-order valence-corrected chi connectivity index (χ1v) is 11.7. The van der Waals surface area contributed by atoms with Gasteiger partial charge in [0.25, 0.3) is 11.8 Å². The maximum absolute atomic E-state index is 13.4. The maximum Gasteiger partial charge on any atom is 0.257 e. The molecule has 0 spiro atoms. The molecule has 1 saturated heterocycles. The molecule has 36 heavy (non-hydrogen) atoms. The van der Waals surface area contributed by atoms with Crippen LogP contribution in [0.4, 0.5) is 5.82 Å². The normalized spacial score (nSPS) is 17.4. The van der Waals surface area contributed by atoms with Crippen molar-refractivity contribution in [2.75, 3.05) is 25.9 Å². The number of rotatable bonds is 5. The van der Waals surface area contributed by atoms with Gasteiger partial charge in [-0.2, -0.15) is 5.10 Å². The number of amides is 2. The summed E-state index contributed by atoms with van der Waals surface area (Å²) in [6, 6.07) is 12.6. The maximum atomic E-state index is 13.4. The van der Waals surface area contributed by atoms with E-state index in [1.54, 1.807) is 33.8 Å². The average Bonchev–Trinajstić information content (AvgIpc) is 3.43. The first kappa shape index (κ1) is 23.3. The van der Waals surface area contributed by atoms with E-state index in [1.807, 2.05) is 38.1 Å². The Bertz CT molecular complexity index is 1450. The lowest BCUT2D eigenvalue weighted by Gasteiger charge is -2.18. The Balaban J connectivity index is 1.40. The van der Waals surface area contributed by atoms with Crippen molar-refractivity contribution in [3.05, 3.63) is 71.7 Å². The largest absolute Gasteiger partial charge is 0.480 e. The standard InChI is InChI=1S/C26H27N7O3/c1-15-9-21(33-22(15)23(27)29-14-30-33)18-10-19(25(36-3)28-11-18)24(34)31-20-13-32(12-16(20)2)26(35)17-7-5-4-6-8-17/h4-11,14,16,20H,12-13H2,1-3H3,(H,31,34)(H2,27,29,30)/t16-,20+/m1/s1. The fourth-order valence-corrected chi connectivity index (χ4v) is 4.71. The van der Waals surface area contributed by atoms with E-state index in [1.165, 1.54) is 13.4 Å². The fourth-order valence-electron chi connectivity index (χ4n) is 4.71. The summed E-state index contributed by atoms with van der Waals surface area (Å²) in [5, 5.41) is 7.41. The molecule has 184 valence electrons. The molecule has 0 radical (unpaired) electrons. The number of anilines is 1. The van der Waals surface area contributed by atoms with Crippen molar-refractivity contribution in [3.8, 4) is 17.1 Å². The van der Waals surface area contributed by atoms with Crippen LogP contribution in [0.25, 0.3) is 16.8 Å². The summed E-state index contributed by atoms with van der Waals surface area (Å²) in [5.41, 5.74) is 10.0. The lowest BCUT2D eigenvalue weighted by atomic mass is 10.1. The SMILES string of the molecule is COc1ncc(-c2cc(C)c3c(N)ncnn23)cc1C(=O)N[C@H]1CN(C(=O)c2ccccc2)C[C@H]1C. The van der Waals surface area contributed by atoms with Gasteiger partial charge in [-0.15, -0.1) is 0 Å². The number of hydrogen-bond acceptors (Lipinski definition) is 7. The number of aryl methyl sites for hydroxylation is 1. The predicted octanol–water partition coefficient (Wildman–Crippen LogP) is 2.58. The van der Waals surface area contributed by atoms with E-state index < -0.39 is 0 Å². The molecular formula is C26H27N7O3. The van der Waals surface area contributed by atoms with Crippen LogP contribution in [0.1, 0.15) is 33.2 Å². The molecular weight excluding hydrogens is 458 g/mol. The third kappa shape index (κ3) is 4.10. The minimum atomic E-state index is -0.321. The van der Waals surface area contributed by atoms with E-state index in [-0.39, 0.29) is 29.7 Å². The second-order valence-corrected chi connectivity index (χ2v) is 9.03. The van der Waals surface area contributed by atoms with Gasteiger partial charge in [-0.25, -0.2) is 14.5 Å². The zero-order chi connectivity index (χ0) is 25.4. The second-order valence-electron chi connectivity index (χ2n) is 9.03. The number of pyridine rings is 1. The second kappa shape index (κ2) is 9.29. The number of hydrogen-bond donors (Lipinski definition) is 2. The van der Waals surface area contributed by atoms with Crippen LogP contribution < -0.4 is 15.8 Å². The summed E-state index contributed by atoms with van der Waals surface area (Å²) in [7, 11) is 1.47. The first-order chi connectivity index (χ1) is 17.4. The Kier molecular flexibility index (Phi) is 6.01. The smallest absolute Gasteiger partial charge is 0.257 e. The Morgan fingerprint density at radius 3 is 2.67 bits per heavy atom. The van der Waals surface area contributed by atoms with Gasteiger partial charge >= 0.3 is 0 Å². The van der Waals surface area contributed by atoms with Crippen molar-refractivity contribution < 1.29 is 14.3 Å². The summed E-state index contributed by atoms with van der Waals surface area (Å²) in [4.78, 5) is 36.5. The molecule has 1 aliphatic rings. The average molecular weight is 486 g/mol. The molecule has 5 rings (SSSR count). The summed E-state index contributed by atoms with van der Waals surface area (Å²) < 4.78 is 7.08. The molecule has 1 aromatic carbocycles. The lowest BCUT2D eigenvalue weighted by molar-refractivity contribution is 0.0781. The van der Waals surface area contributed by atoms with Gasteiger partial charge in [0.05, 0.1) is 18.8 Å². The lowest BCUT2D eigenvalue weighted by Crippen LogP contribution is -2.40. The molecule has 1 fully saturated rings. The van der Waals surface area contributed by atoms with Gasteiger partial charge in [0.15, 0.2) is 5.82 Å². The molecule has 1 aliphatic heterocycles. The predicted molar refractivity (Wildman–Crippen MR) is 135 cm³/mol. The molecule has 3 aromatic heterocycles. The number of fused-ring (bicyclic) bond motifs is 1. The zero-order valence-electron chi connectivity index (χ0n) is 20.3. The molecule has 0 saturated carbocycles. The Hall–Kier alpha value is -4.47. The van der Waals surface area contributed by atoms with E-state index in [9.17, 15) is 9.59 Å². The Labute approximate surface area is 208 Å². The van der Waals surface area contributed by atoms with Crippen LogP contribution in [0.3, 0.4) is 0 Å². The topological polar surface area (TPSA) is 128 Å². The summed E-state index contributed by atoms with van der Waals surface area (Å²) >= 11 is 0. The fraction of sp³-hybridized carbons (Fsp3) is 0.269. The van der Waals surface area contributed by atoms with Gasteiger partial charge in [-0.3, -0.25) is 9.59 Å². The number of likely N-dealkylation sites (tertiary alicyclic amines) is 1. The summed E-state index contributed by atoms with van der Waals surface area (Å²) in [6.07, 6.45) is 3.02. The minimum Gasteiger partial charge on any atom is -0.480 e. The molecule has 10 heteroatoms. The molecule has 10 nitrogen and oxygen atoms in total. The number of nitrogens with zero attached hydrogens (tertiary/aromatic N) is 5. The van der Waals surface area contributed by atoms with Crippen LogP contribution in [-0.4, -0.2) is 62.5 Å². The third-order valence-electron chi connectivity index (χ3n) is 6.59. The van der Waals surface area contributed by atoms with Crippen molar-refractivity contribution >= 4 is 23.1 Å². The molecule has 2 amide bonds. The van der Waals surface area contributed by atoms with Crippen LogP contribution in [0.5, 0.6) is 5.88 Å². The molecule has 4 heterocycles. The van der Waals surface area contributed by atoms with E-state index in [0.29, 0.717) is 41.1 Å². The number of methoxy groups -OCH3 is 1. The number of nitrogens with one attached hydrogen (secondary N) is 1. The van der Waals surface area contributed by atoms with Gasteiger partial charge in [0, 0.05) is 30.4 Å². The van der Waals surface area contributed by atoms with Gasteiger partial charge in [0.1, 0.15) is 17.4 Å². The first-order valence-electron chi connectivity index (χ1n) is 11.7. The number of ether oxygens (including phenoxy) is 1. The molecule has 0 unspecified atom stereocenters. The van der Waals surface area contributed by atoms with E-state index >= 15 is 0 Å². The molecule has 4 aromatic rings. The number of carbonyl (C=O) groups excluding carboxylic acids is 2. The van der Waals surface area contributed by atoms with Crippen LogP contribution in [0, 0.1) is 12.8 Å². The Morgan fingerprint density at radius 1 is 1.14 bits per heavy atom. The van der Waals surface area contributed by atoms with Crippen LogP contribution in [0.15, 0.2) is 55.0 Å². The number of carbonyl (C=O) groups is 2. The monoisotopic (exact) mass is 485 g/mol. The van der Waals surface area contributed by atoms with Crippen molar-refractivity contribution in [3.63, 3.8) is 0 Å². The summed E-state index contributed by atoms with van der Waals surface area (Å²) in [6.45, 7) is 4.93. The van der Waals surface area contributed by atoms with E-state index in [4.69, 9.17) is 10.5 Å². The summed E-state index contributed by atoms with van der Waals surface area (Å²) in [5.74, 6) is 0.306. The van der Waals surface area contributed by atoms with Crippen LogP contribution in [-0.2, 0) is 0 Å². The quantitative estimate of drug-likeness (QED) is 0.445. The van der Waals surface area contributed by atoms with Gasteiger partial charge in [-0.1, -0.05) is 25.1 Å². The van der Waals surface area contributed by atoms with E-state index in [2.05, 4.69) is 20.4 Å². The van der Waals surface area contributed by atoms with Crippen molar-refractivity contribution in [2.45, 2.75) is 19.9 Å². The van der Waals surface area contributed by atoms with Gasteiger partial charge in [0.2, 0.25) is 5.88 Å². The molecule has 0 bridgehead atoms. The van der Waals surface area contributed by atoms with Crippen molar-refractivity contribution in [2.24, 2.45) is 5.92 Å². The van der Waals surface area contributed by atoms with Gasteiger partial charge < -0.3 is 20.7 Å². The number of nitrogen functional groups attached to an aromatic ring is 1. The van der Waals surface area contributed by atoms with Gasteiger partial charge in [-0.05, 0) is 42.7 Å². The zero-order valence-corrected chi connectivity index (χ0v) is 20.3. The van der Waals surface area contributed by atoms with Crippen LogP contribution in [0.2, 0.25) is 0 Å². The molecule has 3 N–H and O–H groups in total. The highest BCUT2D eigenvalue weighted by Gasteiger charge is 2.34. The third-order valence-corrected chi connectivity index (χ3v) is 6.59. The number of nitrogens with two attached hydrogens (primary N) is 1. The highest BCUT2D eigenvalue weighted by molar-refractivity contribution is 5.98. The van der Waals surface area contributed by atoms with Crippen molar-refractivity contribution in [1.82, 2.24) is 29.8 Å². The highest BCUT2D eigenvalue weighted by Crippen LogP contribution is 2.29. The van der Waals surface area contributed by atoms with Crippen molar-refractivity contribution in [1.29, 1.82) is 0 Å². The number of aromatic nitrogens is 4. The Morgan fingerprint density at radius 2 is 1.92 bits per heavy atom. The molecule has 2 atom stereocenters.